The number of hydrogen-bond donors (Lipinski definition) is 2. The second kappa shape index (κ2) is 13.0. The van der Waals surface area contributed by atoms with Crippen LogP contribution in [0.25, 0.3) is 0 Å². The van der Waals surface area contributed by atoms with E-state index in [1.54, 1.807) is 20.8 Å². The third-order valence-corrected chi connectivity index (χ3v) is 5.97. The lowest BCUT2D eigenvalue weighted by molar-refractivity contribution is -0.139. The first-order valence-electron chi connectivity index (χ1n) is 11.3. The zero-order valence-corrected chi connectivity index (χ0v) is 22.4. The molecule has 0 aliphatic rings. The van der Waals surface area contributed by atoms with E-state index in [-0.39, 0.29) is 22.3 Å². The van der Waals surface area contributed by atoms with Gasteiger partial charge in [0.1, 0.15) is 0 Å². The Labute approximate surface area is 227 Å². The highest BCUT2D eigenvalue weighted by Gasteiger charge is 2.36. The number of rotatable bonds is 6. The summed E-state index contributed by atoms with van der Waals surface area (Å²) < 4.78 is 78.3. The minimum absolute atomic E-state index is 0.0521. The van der Waals surface area contributed by atoms with E-state index in [4.69, 9.17) is 23.1 Å². The van der Waals surface area contributed by atoms with Gasteiger partial charge in [-0.1, -0.05) is 38.1 Å². The summed E-state index contributed by atoms with van der Waals surface area (Å²) in [5.74, 6) is -2.38. The molecule has 0 bridgehead atoms. The zero-order chi connectivity index (χ0) is 30.5. The number of carbonyl (C=O) groups is 2. The van der Waals surface area contributed by atoms with Crippen molar-refractivity contribution >= 4 is 28.7 Å². The molecular weight excluding hydrogens is 548 g/mol. The molecule has 0 saturated heterocycles. The quantitative estimate of drug-likeness (QED) is 0.123. The average Bonchev–Trinajstić information content (AvgIpc) is 2.80. The monoisotopic (exact) mass is 575 g/mol. The molecule has 0 heterocycles. The Balaban J connectivity index is 0.000000395. The summed E-state index contributed by atoms with van der Waals surface area (Å²) in [6.07, 6.45) is -6.29. The van der Waals surface area contributed by atoms with E-state index in [0.29, 0.717) is 11.1 Å². The molecule has 5 nitrogen and oxygen atoms in total. The molecule has 0 aromatic heterocycles. The lowest BCUT2D eigenvalue weighted by Crippen LogP contribution is -2.24. The van der Waals surface area contributed by atoms with Crippen LogP contribution in [0, 0.1) is 13.8 Å². The van der Waals surface area contributed by atoms with E-state index >= 15 is 0 Å². The Hall–Kier alpha value is -3.60. The van der Waals surface area contributed by atoms with Crippen LogP contribution in [0.15, 0.2) is 54.6 Å². The third kappa shape index (κ3) is 8.71. The predicted octanol–water partition coefficient (Wildman–Crippen LogP) is 7.40. The molecular formula is C27H28ClF6N3O2. The summed E-state index contributed by atoms with van der Waals surface area (Å²) in [4.78, 5) is 26.1. The van der Waals surface area contributed by atoms with Crippen molar-refractivity contribution in [2.24, 2.45) is 16.5 Å². The number of nitrogens with two attached hydrogens (primary N) is 2. The highest BCUT2D eigenvalue weighted by molar-refractivity contribution is 6.67. The Bertz CT molecular complexity index is 1300. The second-order valence-corrected chi connectivity index (χ2v) is 9.01. The van der Waals surface area contributed by atoms with Crippen molar-refractivity contribution < 1.29 is 35.9 Å². The van der Waals surface area contributed by atoms with E-state index in [1.807, 2.05) is 0 Å². The van der Waals surface area contributed by atoms with Crippen LogP contribution in [0.4, 0.5) is 26.3 Å². The minimum Gasteiger partial charge on any atom is -0.370 e. The number of allylic oxidation sites excluding steroid dienone is 2. The fourth-order valence-corrected chi connectivity index (χ4v) is 3.78. The maximum absolute atomic E-state index is 13.2. The molecule has 4 N–H and O–H groups in total. The van der Waals surface area contributed by atoms with Crippen molar-refractivity contribution in [2.45, 2.75) is 51.9 Å². The van der Waals surface area contributed by atoms with Crippen LogP contribution < -0.4 is 11.5 Å². The number of guanidine groups is 1. The molecule has 212 valence electrons. The summed E-state index contributed by atoms with van der Waals surface area (Å²) in [6, 6.07) is 4.23. The molecule has 0 aliphatic carbocycles. The van der Waals surface area contributed by atoms with Gasteiger partial charge < -0.3 is 11.5 Å². The van der Waals surface area contributed by atoms with Gasteiger partial charge in [-0.15, -0.1) is 13.2 Å². The molecule has 2 atom stereocenters. The van der Waals surface area contributed by atoms with Crippen molar-refractivity contribution in [3.05, 3.63) is 94.1 Å². The molecule has 1 amide bonds. The molecule has 0 fully saturated rings. The second-order valence-electron chi connectivity index (χ2n) is 8.67. The van der Waals surface area contributed by atoms with Gasteiger partial charge >= 0.3 is 12.4 Å². The number of aryl methyl sites for hydroxylation is 2. The summed E-state index contributed by atoms with van der Waals surface area (Å²) in [7, 11) is 0. The van der Waals surface area contributed by atoms with Gasteiger partial charge in [0.2, 0.25) is 0 Å². The van der Waals surface area contributed by atoms with Crippen LogP contribution in [-0.4, -0.2) is 17.1 Å². The van der Waals surface area contributed by atoms with Crippen molar-refractivity contribution in [2.75, 3.05) is 0 Å². The molecule has 0 radical (unpaired) electrons. The lowest BCUT2D eigenvalue weighted by Gasteiger charge is -2.18. The van der Waals surface area contributed by atoms with E-state index < -0.39 is 52.4 Å². The van der Waals surface area contributed by atoms with Gasteiger partial charge in [-0.05, 0) is 71.7 Å². The number of hydrogen-bond acceptors (Lipinski definition) is 2. The van der Waals surface area contributed by atoms with Crippen molar-refractivity contribution in [3.63, 3.8) is 0 Å². The van der Waals surface area contributed by atoms with Gasteiger partial charge in [-0.25, -0.2) is 0 Å². The minimum atomic E-state index is -4.59. The normalized spacial score (nSPS) is 12.9. The van der Waals surface area contributed by atoms with E-state index in [2.05, 4.69) is 18.2 Å². The van der Waals surface area contributed by atoms with Crippen LogP contribution in [0.2, 0.25) is 0 Å². The number of halogens is 7. The Morgan fingerprint density at radius 2 is 1.18 bits per heavy atom. The van der Waals surface area contributed by atoms with Crippen molar-refractivity contribution in [1.29, 1.82) is 0 Å². The smallest absolute Gasteiger partial charge is 0.370 e. The van der Waals surface area contributed by atoms with Gasteiger partial charge in [-0.3, -0.25) is 9.59 Å². The molecule has 12 heteroatoms. The molecule has 39 heavy (non-hydrogen) atoms. The molecule has 2 aromatic rings. The Morgan fingerprint density at radius 3 is 1.49 bits per heavy atom. The molecule has 0 aliphatic heterocycles. The summed E-state index contributed by atoms with van der Waals surface area (Å²) >= 11 is 5.27. The number of carbonyl (C=O) groups excluding carboxylic acids is 2. The molecule has 2 aromatic carbocycles. The average molecular weight is 576 g/mol. The predicted molar refractivity (Wildman–Crippen MR) is 140 cm³/mol. The van der Waals surface area contributed by atoms with E-state index in [9.17, 15) is 35.9 Å². The van der Waals surface area contributed by atoms with Crippen LogP contribution in [0.3, 0.4) is 0 Å². The van der Waals surface area contributed by atoms with Gasteiger partial charge in [0, 0.05) is 11.1 Å². The highest BCUT2D eigenvalue weighted by atomic mass is 35.5. The maximum Gasteiger partial charge on any atom is 0.416 e. The molecule has 0 spiro atoms. The SMILES string of the molecule is C=CC(C)c1cc(C)c(C(=O)Cl)cc1C(F)(F)F.C=CC(C)c1cc(C)c(C(=O)N=C(N)N)cc1C(F)(F)F. The lowest BCUT2D eigenvalue weighted by atomic mass is 9.91. The fraction of sp³-hybridized carbons (Fsp3) is 0.296. The Morgan fingerprint density at radius 1 is 0.821 bits per heavy atom. The topological polar surface area (TPSA) is 98.5 Å². The molecule has 0 saturated carbocycles. The fourth-order valence-electron chi connectivity index (χ4n) is 3.58. The van der Waals surface area contributed by atoms with Gasteiger partial charge in [0.15, 0.2) is 5.96 Å². The van der Waals surface area contributed by atoms with E-state index in [0.717, 1.165) is 12.1 Å². The molecule has 2 rings (SSSR count). The van der Waals surface area contributed by atoms with Gasteiger partial charge in [0.25, 0.3) is 11.1 Å². The van der Waals surface area contributed by atoms with Crippen LogP contribution in [-0.2, 0) is 12.4 Å². The zero-order valence-electron chi connectivity index (χ0n) is 21.6. The standard InChI is InChI=1S/C14H16F3N3O.C13H12ClF3O/c1-4-7(2)9-5-8(3)10(12(21)20-13(18)19)6-11(9)14(15,16)17;1-4-7(2)9-5-8(3)10(12(14)18)6-11(9)13(15,16)17/h4-7H,1H2,2-3H3,(H4,18,19,20,21);4-7H,1H2,2-3H3. The van der Waals surface area contributed by atoms with Gasteiger partial charge in [-0.2, -0.15) is 31.3 Å². The van der Waals surface area contributed by atoms with Crippen LogP contribution >= 0.6 is 11.6 Å². The number of benzene rings is 2. The summed E-state index contributed by atoms with van der Waals surface area (Å²) in [5, 5.41) is -0.893. The highest BCUT2D eigenvalue weighted by Crippen LogP contribution is 2.38. The summed E-state index contributed by atoms with van der Waals surface area (Å²) in [5.41, 5.74) is 9.04. The van der Waals surface area contributed by atoms with Crippen LogP contribution in [0.1, 0.15) is 79.8 Å². The van der Waals surface area contributed by atoms with Crippen molar-refractivity contribution in [3.8, 4) is 0 Å². The number of nitrogens with zero attached hydrogens (tertiary/aromatic N) is 1. The van der Waals surface area contributed by atoms with Crippen LogP contribution in [0.5, 0.6) is 0 Å². The largest absolute Gasteiger partial charge is 0.416 e. The van der Waals surface area contributed by atoms with Crippen molar-refractivity contribution in [1.82, 2.24) is 0 Å². The number of amides is 1. The first-order valence-corrected chi connectivity index (χ1v) is 11.7. The van der Waals surface area contributed by atoms with E-state index in [1.165, 1.54) is 31.2 Å². The third-order valence-electron chi connectivity index (χ3n) is 5.76. The number of alkyl halides is 6. The first-order chi connectivity index (χ1) is 17.8. The first kappa shape index (κ1) is 33.4. The maximum atomic E-state index is 13.2. The Kier molecular flexibility index (Phi) is 11.1. The number of aliphatic imine (C=N–C) groups is 1. The summed E-state index contributed by atoms with van der Waals surface area (Å²) in [6.45, 7) is 13.3. The van der Waals surface area contributed by atoms with Gasteiger partial charge in [0.05, 0.1) is 11.1 Å². The molecule has 2 unspecified atom stereocenters.